The molecule has 164 valence electrons. The van der Waals surface area contributed by atoms with E-state index in [1.54, 1.807) is 35.3 Å². The van der Waals surface area contributed by atoms with Gasteiger partial charge in [-0.2, -0.15) is 5.26 Å². The van der Waals surface area contributed by atoms with E-state index >= 15 is 0 Å². The van der Waals surface area contributed by atoms with Gasteiger partial charge in [-0.1, -0.05) is 24.1 Å². The number of pyridine rings is 1. The van der Waals surface area contributed by atoms with Crippen LogP contribution in [0.2, 0.25) is 0 Å². The van der Waals surface area contributed by atoms with Crippen LogP contribution in [0, 0.1) is 17.1 Å². The van der Waals surface area contributed by atoms with E-state index in [1.807, 2.05) is 12.1 Å². The topological polar surface area (TPSA) is 141 Å². The van der Waals surface area contributed by atoms with Crippen LogP contribution < -0.4 is 16.0 Å². The molecule has 0 bridgehead atoms. The number of benzene rings is 1. The van der Waals surface area contributed by atoms with E-state index in [4.69, 9.17) is 5.11 Å². The standard InChI is InChI=1S/C21H21FN8O2/c22-16-10-13(12-23)19(25-14-4-3-5-15(11-14)30-9-8-24-29-30)28-20(16)26-17-6-1-2-7-18(17)27-21(31)32/h3-5,8-11,17-18,27H,1-2,6-7H2,(H,31,32)(H2,25,26,28)/t17-,18+/m1/s1. The second-order valence-corrected chi connectivity index (χ2v) is 7.44. The number of carbonyl (C=O) groups is 1. The van der Waals surface area contributed by atoms with Crippen molar-refractivity contribution in [2.45, 2.75) is 37.8 Å². The fourth-order valence-electron chi connectivity index (χ4n) is 3.79. The fourth-order valence-corrected chi connectivity index (χ4v) is 3.79. The number of nitrogens with zero attached hydrogens (tertiary/aromatic N) is 5. The Kier molecular flexibility index (Phi) is 6.12. The predicted molar refractivity (Wildman–Crippen MR) is 114 cm³/mol. The van der Waals surface area contributed by atoms with E-state index in [1.165, 1.54) is 0 Å². The Hall–Kier alpha value is -4.20. The third-order valence-corrected chi connectivity index (χ3v) is 5.29. The first kappa shape index (κ1) is 21.0. The molecule has 11 heteroatoms. The third kappa shape index (κ3) is 4.75. The molecule has 1 aromatic carbocycles. The summed E-state index contributed by atoms with van der Waals surface area (Å²) in [4.78, 5) is 15.4. The third-order valence-electron chi connectivity index (χ3n) is 5.29. The summed E-state index contributed by atoms with van der Waals surface area (Å²) in [5.41, 5.74) is 1.42. The summed E-state index contributed by atoms with van der Waals surface area (Å²) in [6.07, 6.45) is 5.26. The molecule has 2 aromatic heterocycles. The molecule has 3 aromatic rings. The number of anilines is 3. The molecule has 0 saturated heterocycles. The number of halogens is 1. The lowest BCUT2D eigenvalue weighted by atomic mass is 9.90. The predicted octanol–water partition coefficient (Wildman–Crippen LogP) is 3.41. The minimum atomic E-state index is -1.12. The van der Waals surface area contributed by atoms with Crippen molar-refractivity contribution in [2.24, 2.45) is 0 Å². The molecule has 1 aliphatic carbocycles. The van der Waals surface area contributed by atoms with Gasteiger partial charge in [0.15, 0.2) is 17.5 Å². The summed E-state index contributed by atoms with van der Waals surface area (Å²) in [5.74, 6) is -0.531. The van der Waals surface area contributed by atoms with Crippen LogP contribution in [-0.4, -0.2) is 43.3 Å². The largest absolute Gasteiger partial charge is 0.465 e. The van der Waals surface area contributed by atoms with Gasteiger partial charge in [-0.05, 0) is 37.1 Å². The highest BCUT2D eigenvalue weighted by Crippen LogP contribution is 2.27. The van der Waals surface area contributed by atoms with Crippen LogP contribution in [0.25, 0.3) is 5.69 Å². The molecule has 1 fully saturated rings. The highest BCUT2D eigenvalue weighted by atomic mass is 19.1. The van der Waals surface area contributed by atoms with Gasteiger partial charge in [-0.15, -0.1) is 5.10 Å². The van der Waals surface area contributed by atoms with E-state index in [9.17, 15) is 14.4 Å². The Morgan fingerprint density at radius 3 is 2.75 bits per heavy atom. The van der Waals surface area contributed by atoms with E-state index in [0.717, 1.165) is 24.6 Å². The van der Waals surface area contributed by atoms with Crippen LogP contribution in [0.1, 0.15) is 31.2 Å². The zero-order chi connectivity index (χ0) is 22.5. The highest BCUT2D eigenvalue weighted by molar-refractivity contribution is 5.67. The number of aromatic nitrogens is 4. The summed E-state index contributed by atoms with van der Waals surface area (Å²) in [6, 6.07) is 9.63. The van der Waals surface area contributed by atoms with Gasteiger partial charge in [-0.25, -0.2) is 18.9 Å². The molecular weight excluding hydrogens is 415 g/mol. The molecule has 0 spiro atoms. The van der Waals surface area contributed by atoms with Crippen molar-refractivity contribution in [1.29, 1.82) is 5.26 Å². The van der Waals surface area contributed by atoms with Crippen molar-refractivity contribution < 1.29 is 14.3 Å². The quantitative estimate of drug-likeness (QED) is 0.461. The zero-order valence-electron chi connectivity index (χ0n) is 17.0. The number of hydrogen-bond donors (Lipinski definition) is 4. The molecule has 32 heavy (non-hydrogen) atoms. The Bertz CT molecular complexity index is 1150. The van der Waals surface area contributed by atoms with Crippen LogP contribution in [-0.2, 0) is 0 Å². The number of carboxylic acid groups (broad SMARTS) is 1. The first-order valence-electron chi connectivity index (χ1n) is 10.1. The summed E-state index contributed by atoms with van der Waals surface area (Å²) in [5, 5.41) is 34.9. The Morgan fingerprint density at radius 1 is 1.22 bits per heavy atom. The lowest BCUT2D eigenvalue weighted by Gasteiger charge is -2.32. The van der Waals surface area contributed by atoms with Crippen molar-refractivity contribution in [3.05, 3.63) is 54.1 Å². The molecule has 2 heterocycles. The molecule has 1 saturated carbocycles. The fraction of sp³-hybridized carbons (Fsp3) is 0.286. The smallest absolute Gasteiger partial charge is 0.404 e. The van der Waals surface area contributed by atoms with Gasteiger partial charge in [0.05, 0.1) is 29.7 Å². The van der Waals surface area contributed by atoms with Gasteiger partial charge in [0.2, 0.25) is 0 Å². The van der Waals surface area contributed by atoms with E-state index in [0.29, 0.717) is 18.5 Å². The number of hydrogen-bond acceptors (Lipinski definition) is 7. The minimum Gasteiger partial charge on any atom is -0.465 e. The van der Waals surface area contributed by atoms with Crippen LogP contribution in [0.3, 0.4) is 0 Å². The maximum Gasteiger partial charge on any atom is 0.404 e. The SMILES string of the molecule is N#Cc1cc(F)c(N[C@@H]2CCCC[C@@H]2NC(=O)O)nc1Nc1cccc(-n2ccnn2)c1. The summed E-state index contributed by atoms with van der Waals surface area (Å²) < 4.78 is 16.3. The van der Waals surface area contributed by atoms with Crippen molar-refractivity contribution in [1.82, 2.24) is 25.3 Å². The maximum absolute atomic E-state index is 14.7. The number of amides is 1. The lowest BCUT2D eigenvalue weighted by molar-refractivity contribution is 0.184. The lowest BCUT2D eigenvalue weighted by Crippen LogP contribution is -2.48. The van der Waals surface area contributed by atoms with E-state index < -0.39 is 11.9 Å². The van der Waals surface area contributed by atoms with Crippen molar-refractivity contribution in [3.8, 4) is 11.8 Å². The normalized spacial score (nSPS) is 17.9. The molecule has 0 radical (unpaired) electrons. The molecule has 0 unspecified atom stereocenters. The molecule has 4 N–H and O–H groups in total. The molecule has 4 rings (SSSR count). The molecule has 1 amide bonds. The molecule has 10 nitrogen and oxygen atoms in total. The van der Waals surface area contributed by atoms with Gasteiger partial charge in [-0.3, -0.25) is 0 Å². The summed E-state index contributed by atoms with van der Waals surface area (Å²) in [6.45, 7) is 0. The molecule has 2 atom stereocenters. The summed E-state index contributed by atoms with van der Waals surface area (Å²) >= 11 is 0. The van der Waals surface area contributed by atoms with E-state index in [-0.39, 0.29) is 29.3 Å². The van der Waals surface area contributed by atoms with Gasteiger partial charge in [0, 0.05) is 11.7 Å². The van der Waals surface area contributed by atoms with Crippen molar-refractivity contribution >= 4 is 23.4 Å². The Labute approximate surface area is 183 Å². The average Bonchev–Trinajstić information content (AvgIpc) is 3.32. The van der Waals surface area contributed by atoms with Crippen LogP contribution in [0.15, 0.2) is 42.7 Å². The monoisotopic (exact) mass is 436 g/mol. The van der Waals surface area contributed by atoms with Crippen LogP contribution >= 0.6 is 0 Å². The Morgan fingerprint density at radius 2 is 2.03 bits per heavy atom. The number of nitriles is 1. The molecule has 1 aliphatic rings. The highest BCUT2D eigenvalue weighted by Gasteiger charge is 2.28. The summed E-state index contributed by atoms with van der Waals surface area (Å²) in [7, 11) is 0. The van der Waals surface area contributed by atoms with Crippen molar-refractivity contribution in [2.75, 3.05) is 10.6 Å². The minimum absolute atomic E-state index is 0.0389. The van der Waals surface area contributed by atoms with Gasteiger partial charge >= 0.3 is 6.09 Å². The number of nitrogens with one attached hydrogen (secondary N) is 3. The second kappa shape index (κ2) is 9.30. The van der Waals surface area contributed by atoms with Gasteiger partial charge in [0.25, 0.3) is 0 Å². The van der Waals surface area contributed by atoms with E-state index in [2.05, 4.69) is 31.2 Å². The van der Waals surface area contributed by atoms with Crippen molar-refractivity contribution in [3.63, 3.8) is 0 Å². The molecular formula is C21H21FN8O2. The number of rotatable bonds is 6. The first-order valence-corrected chi connectivity index (χ1v) is 10.1. The van der Waals surface area contributed by atoms with Crippen LogP contribution in [0.4, 0.5) is 26.5 Å². The second-order valence-electron chi connectivity index (χ2n) is 7.44. The van der Waals surface area contributed by atoms with Gasteiger partial charge < -0.3 is 21.1 Å². The first-order chi connectivity index (χ1) is 15.5. The molecule has 0 aliphatic heterocycles. The zero-order valence-corrected chi connectivity index (χ0v) is 17.0. The van der Waals surface area contributed by atoms with Gasteiger partial charge in [0.1, 0.15) is 6.07 Å². The van der Waals surface area contributed by atoms with Crippen LogP contribution in [0.5, 0.6) is 0 Å². The average molecular weight is 436 g/mol. The maximum atomic E-state index is 14.7. The Balaban J connectivity index is 1.59.